The molecule has 2 aliphatic rings. The normalized spacial score (nSPS) is 20.6. The topological polar surface area (TPSA) is 52.9 Å². The summed E-state index contributed by atoms with van der Waals surface area (Å²) in [5.74, 6) is 0.502. The Kier molecular flexibility index (Phi) is 6.33. The van der Waals surface area contributed by atoms with E-state index in [1.54, 1.807) is 10.5 Å². The van der Waals surface area contributed by atoms with Crippen LogP contribution in [0, 0.1) is 5.92 Å². The predicted molar refractivity (Wildman–Crippen MR) is 132 cm³/mol. The molecule has 2 aromatic rings. The number of nitrogens with one attached hydrogen (secondary N) is 1. The molecule has 0 aromatic carbocycles. The molecule has 2 aliphatic heterocycles. The third-order valence-corrected chi connectivity index (χ3v) is 6.47. The Balaban J connectivity index is 1.66. The second kappa shape index (κ2) is 9.17. The van der Waals surface area contributed by atoms with Crippen LogP contribution in [0.5, 0.6) is 0 Å². The number of pyridine rings is 1. The summed E-state index contributed by atoms with van der Waals surface area (Å²) in [5, 5.41) is 3.45. The molecule has 6 heteroatoms. The van der Waals surface area contributed by atoms with Gasteiger partial charge in [0.05, 0.1) is 11.4 Å². The van der Waals surface area contributed by atoms with E-state index >= 15 is 0 Å². The quantitative estimate of drug-likeness (QED) is 0.770. The third-order valence-electron chi connectivity index (χ3n) is 6.47. The maximum Gasteiger partial charge on any atom is 0.258 e. The average Bonchev–Trinajstić information content (AvgIpc) is 2.79. The molecule has 1 saturated heterocycles. The Labute approximate surface area is 190 Å². The van der Waals surface area contributed by atoms with Gasteiger partial charge in [-0.15, -0.1) is 0 Å². The summed E-state index contributed by atoms with van der Waals surface area (Å²) in [5.41, 5.74) is 5.37. The highest BCUT2D eigenvalue weighted by atomic mass is 16.1. The van der Waals surface area contributed by atoms with Gasteiger partial charge in [0.1, 0.15) is 5.65 Å². The van der Waals surface area contributed by atoms with Crippen LogP contribution in [0.3, 0.4) is 0 Å². The lowest BCUT2D eigenvalue weighted by atomic mass is 10.0. The van der Waals surface area contributed by atoms with Crippen molar-refractivity contribution in [1.29, 1.82) is 0 Å². The van der Waals surface area contributed by atoms with Crippen LogP contribution >= 0.6 is 0 Å². The monoisotopic (exact) mass is 431 g/mol. The molecule has 1 N–H and O–H groups in total. The molecule has 1 unspecified atom stereocenters. The van der Waals surface area contributed by atoms with E-state index in [0.29, 0.717) is 23.3 Å². The van der Waals surface area contributed by atoms with E-state index < -0.39 is 0 Å². The van der Waals surface area contributed by atoms with Crippen LogP contribution in [0.25, 0.3) is 11.2 Å². The zero-order valence-electron chi connectivity index (χ0n) is 19.5. The first kappa shape index (κ1) is 22.1. The summed E-state index contributed by atoms with van der Waals surface area (Å²) in [6, 6.07) is 6.03. The van der Waals surface area contributed by atoms with E-state index in [0.717, 1.165) is 43.0 Å². The molecule has 32 heavy (non-hydrogen) atoms. The third kappa shape index (κ3) is 4.55. The minimum atomic E-state index is -0.0772. The van der Waals surface area contributed by atoms with Crippen molar-refractivity contribution in [3.05, 3.63) is 82.8 Å². The predicted octanol–water partition coefficient (Wildman–Crippen LogP) is 4.17. The molecule has 0 spiro atoms. The number of allylic oxidation sites excluding steroid dienone is 4. The highest BCUT2D eigenvalue weighted by Crippen LogP contribution is 2.25. The lowest BCUT2D eigenvalue weighted by Crippen LogP contribution is -2.49. The minimum Gasteiger partial charge on any atom is -0.368 e. The first-order chi connectivity index (χ1) is 15.4. The summed E-state index contributed by atoms with van der Waals surface area (Å²) >= 11 is 0. The lowest BCUT2D eigenvalue weighted by molar-refractivity contribution is 0.484. The largest absolute Gasteiger partial charge is 0.368 e. The van der Waals surface area contributed by atoms with Crippen molar-refractivity contribution in [3.8, 4) is 0 Å². The first-order valence-corrected chi connectivity index (χ1v) is 11.4. The maximum atomic E-state index is 13.0. The van der Waals surface area contributed by atoms with Crippen LogP contribution in [-0.4, -0.2) is 40.0 Å². The second-order valence-corrected chi connectivity index (χ2v) is 8.90. The Hall–Kier alpha value is -3.12. The summed E-state index contributed by atoms with van der Waals surface area (Å²) in [4.78, 5) is 22.1. The molecule has 2 atom stereocenters. The van der Waals surface area contributed by atoms with Gasteiger partial charge in [0.25, 0.3) is 5.56 Å². The molecule has 0 amide bonds. The standard InChI is InChI=1S/C26H33N5O/c1-6-18(2)19(3)14-30-16-22(8-7-21(30)5)24-13-26(32)31-17-23(9-10-25(31)28-24)29-12-11-27-20(4)15-29/h7-10,13-14,16-18,20,27H,5-6,11-12,15H2,1-4H3/b19-14-/t18?,20-/m0/s1. The lowest BCUT2D eigenvalue weighted by Gasteiger charge is -2.33. The molecule has 2 aromatic heterocycles. The number of aromatic nitrogens is 2. The van der Waals surface area contributed by atoms with Crippen molar-refractivity contribution in [3.63, 3.8) is 0 Å². The van der Waals surface area contributed by atoms with Crippen LogP contribution < -0.4 is 15.8 Å². The number of hydrogen-bond acceptors (Lipinski definition) is 5. The molecule has 0 radical (unpaired) electrons. The maximum absolute atomic E-state index is 13.0. The van der Waals surface area contributed by atoms with E-state index in [4.69, 9.17) is 4.98 Å². The van der Waals surface area contributed by atoms with Crippen molar-refractivity contribution in [2.45, 2.75) is 40.2 Å². The van der Waals surface area contributed by atoms with Crippen molar-refractivity contribution >= 4 is 16.9 Å². The van der Waals surface area contributed by atoms with Gasteiger partial charge in [-0.05, 0) is 50.5 Å². The van der Waals surface area contributed by atoms with E-state index in [9.17, 15) is 4.79 Å². The Morgan fingerprint density at radius 2 is 2.19 bits per heavy atom. The molecule has 6 nitrogen and oxygen atoms in total. The number of nitrogens with zero attached hydrogens (tertiary/aromatic N) is 4. The van der Waals surface area contributed by atoms with Gasteiger partial charge < -0.3 is 15.1 Å². The number of hydrogen-bond donors (Lipinski definition) is 1. The summed E-state index contributed by atoms with van der Waals surface area (Å²) in [6.45, 7) is 15.7. The van der Waals surface area contributed by atoms with Crippen molar-refractivity contribution < 1.29 is 0 Å². The molecule has 0 saturated carbocycles. The molecular weight excluding hydrogens is 398 g/mol. The van der Waals surface area contributed by atoms with Crippen LogP contribution in [0.4, 0.5) is 5.69 Å². The van der Waals surface area contributed by atoms with Crippen LogP contribution in [0.2, 0.25) is 0 Å². The average molecular weight is 432 g/mol. The van der Waals surface area contributed by atoms with E-state index in [2.05, 4.69) is 56.8 Å². The molecule has 0 bridgehead atoms. The van der Waals surface area contributed by atoms with Gasteiger partial charge >= 0.3 is 0 Å². The van der Waals surface area contributed by atoms with Crippen LogP contribution in [0.15, 0.2) is 71.6 Å². The number of piperazine rings is 1. The zero-order chi connectivity index (χ0) is 22.8. The number of fused-ring (bicyclic) bond motifs is 1. The summed E-state index contributed by atoms with van der Waals surface area (Å²) in [7, 11) is 0. The van der Waals surface area contributed by atoms with Gasteiger partial charge in [0.2, 0.25) is 0 Å². The van der Waals surface area contributed by atoms with Crippen molar-refractivity contribution in [1.82, 2.24) is 19.6 Å². The van der Waals surface area contributed by atoms with Crippen LogP contribution in [0.1, 0.15) is 39.8 Å². The van der Waals surface area contributed by atoms with Gasteiger partial charge in [-0.2, -0.15) is 0 Å². The smallest absolute Gasteiger partial charge is 0.258 e. The highest BCUT2D eigenvalue weighted by molar-refractivity contribution is 5.74. The first-order valence-electron chi connectivity index (χ1n) is 11.4. The van der Waals surface area contributed by atoms with Gasteiger partial charge in [-0.1, -0.05) is 26.0 Å². The molecular formula is C26H33N5O. The van der Waals surface area contributed by atoms with Gasteiger partial charge in [0, 0.05) is 61.6 Å². The molecule has 1 fully saturated rings. The Morgan fingerprint density at radius 1 is 1.38 bits per heavy atom. The van der Waals surface area contributed by atoms with Gasteiger partial charge in [0.15, 0.2) is 0 Å². The fourth-order valence-corrected chi connectivity index (χ4v) is 4.08. The number of anilines is 1. The van der Waals surface area contributed by atoms with Crippen molar-refractivity contribution in [2.75, 3.05) is 24.5 Å². The Bertz CT molecular complexity index is 1170. The fourth-order valence-electron chi connectivity index (χ4n) is 4.08. The molecule has 0 aliphatic carbocycles. The fraction of sp³-hybridized carbons (Fsp3) is 0.385. The summed E-state index contributed by atoms with van der Waals surface area (Å²) < 4.78 is 1.64. The zero-order valence-corrected chi connectivity index (χ0v) is 19.5. The van der Waals surface area contributed by atoms with E-state index in [1.165, 1.54) is 5.57 Å². The molecule has 168 valence electrons. The van der Waals surface area contributed by atoms with Crippen LogP contribution in [-0.2, 0) is 0 Å². The SMILES string of the molecule is C=C1C=CC(c2cc(=O)n3cc(N4CCN[C@@H](C)C4)ccc3n2)=CN1/C=C(/C)C(C)CC. The van der Waals surface area contributed by atoms with E-state index in [-0.39, 0.29) is 5.56 Å². The second-order valence-electron chi connectivity index (χ2n) is 8.90. The Morgan fingerprint density at radius 3 is 2.94 bits per heavy atom. The molecule has 4 heterocycles. The molecule has 4 rings (SSSR count). The van der Waals surface area contributed by atoms with Gasteiger partial charge in [-0.25, -0.2) is 4.98 Å². The summed E-state index contributed by atoms with van der Waals surface area (Å²) in [6.07, 6.45) is 11.1. The highest BCUT2D eigenvalue weighted by Gasteiger charge is 2.17. The van der Waals surface area contributed by atoms with E-state index in [1.807, 2.05) is 35.5 Å². The minimum absolute atomic E-state index is 0.0772. The van der Waals surface area contributed by atoms with Gasteiger partial charge in [-0.3, -0.25) is 9.20 Å². The van der Waals surface area contributed by atoms with Crippen molar-refractivity contribution in [2.24, 2.45) is 5.92 Å². The number of rotatable bonds is 5.